The number of nitrogens with zero attached hydrogens (tertiary/aromatic N) is 3. The molecule has 0 atom stereocenters. The van der Waals surface area contributed by atoms with Crippen molar-refractivity contribution in [2.24, 2.45) is 5.73 Å². The van der Waals surface area contributed by atoms with Gasteiger partial charge in [0, 0.05) is 41.0 Å². The Morgan fingerprint density at radius 2 is 1.88 bits per heavy atom. The molecule has 0 unspecified atom stereocenters. The summed E-state index contributed by atoms with van der Waals surface area (Å²) in [6.07, 6.45) is 5.99. The van der Waals surface area contributed by atoms with Crippen molar-refractivity contribution in [2.45, 2.75) is 37.1 Å². The van der Waals surface area contributed by atoms with Crippen molar-refractivity contribution >= 4 is 42.4 Å². The standard InChI is InChI=1S/C23H23ClN4O3.2ClH/c24-18-3-1-2-17(11-18)23(14-25)8-6-19(7-9-23)28-21(29)5-4-20(27-28)15-10-16(22(30)31)13-26-12-15;;/h1-5,10-13,19H,6-9,14,25H2,(H,30,31);2*1H/t19-,23+;;. The Bertz CT molecular complexity index is 1180. The van der Waals surface area contributed by atoms with Crippen LogP contribution >= 0.6 is 36.4 Å². The third kappa shape index (κ3) is 5.55. The smallest absolute Gasteiger partial charge is 0.337 e. The van der Waals surface area contributed by atoms with E-state index in [-0.39, 0.29) is 47.4 Å². The van der Waals surface area contributed by atoms with Gasteiger partial charge in [0.25, 0.3) is 5.56 Å². The lowest BCUT2D eigenvalue weighted by molar-refractivity contribution is 0.0696. The number of halogens is 3. The second-order valence-electron chi connectivity index (χ2n) is 7.99. The Hall–Kier alpha value is -2.45. The lowest BCUT2D eigenvalue weighted by atomic mass is 9.68. The highest BCUT2D eigenvalue weighted by molar-refractivity contribution is 6.30. The summed E-state index contributed by atoms with van der Waals surface area (Å²) >= 11 is 6.20. The lowest BCUT2D eigenvalue weighted by Gasteiger charge is -2.40. The molecule has 1 saturated carbocycles. The number of hydrogen-bond donors (Lipinski definition) is 2. The summed E-state index contributed by atoms with van der Waals surface area (Å²) in [5.41, 5.74) is 8.12. The van der Waals surface area contributed by atoms with Gasteiger partial charge in [-0.05, 0) is 55.5 Å². The third-order valence-electron chi connectivity index (χ3n) is 6.19. The molecule has 0 saturated heterocycles. The van der Waals surface area contributed by atoms with Gasteiger partial charge in [0.1, 0.15) is 0 Å². The fourth-order valence-electron chi connectivity index (χ4n) is 4.37. The molecule has 1 aliphatic rings. The van der Waals surface area contributed by atoms with Crippen LogP contribution in [0.5, 0.6) is 0 Å². The van der Waals surface area contributed by atoms with E-state index in [0.717, 1.165) is 31.2 Å². The maximum atomic E-state index is 12.6. The van der Waals surface area contributed by atoms with Gasteiger partial charge in [0.15, 0.2) is 0 Å². The zero-order valence-electron chi connectivity index (χ0n) is 17.7. The molecule has 0 radical (unpaired) electrons. The Morgan fingerprint density at radius 1 is 1.15 bits per heavy atom. The summed E-state index contributed by atoms with van der Waals surface area (Å²) < 4.78 is 1.52. The highest BCUT2D eigenvalue weighted by Gasteiger charge is 2.37. The highest BCUT2D eigenvalue weighted by atomic mass is 35.5. The van der Waals surface area contributed by atoms with Gasteiger partial charge in [-0.25, -0.2) is 9.48 Å². The molecular weight excluding hydrogens is 487 g/mol. The zero-order valence-corrected chi connectivity index (χ0v) is 20.1. The fourth-order valence-corrected chi connectivity index (χ4v) is 4.56. The number of carboxylic acid groups (broad SMARTS) is 1. The van der Waals surface area contributed by atoms with Crippen molar-refractivity contribution in [1.29, 1.82) is 0 Å². The fraction of sp³-hybridized carbons (Fsp3) is 0.304. The monoisotopic (exact) mass is 510 g/mol. The van der Waals surface area contributed by atoms with Crippen molar-refractivity contribution in [3.8, 4) is 11.3 Å². The second kappa shape index (κ2) is 11.1. The van der Waals surface area contributed by atoms with E-state index in [9.17, 15) is 14.7 Å². The number of aromatic nitrogens is 3. The van der Waals surface area contributed by atoms with Gasteiger partial charge in [-0.2, -0.15) is 5.10 Å². The number of nitrogens with two attached hydrogens (primary N) is 1. The summed E-state index contributed by atoms with van der Waals surface area (Å²) in [7, 11) is 0. The van der Waals surface area contributed by atoms with Gasteiger partial charge in [-0.15, -0.1) is 24.8 Å². The summed E-state index contributed by atoms with van der Waals surface area (Å²) in [5, 5.41) is 14.4. The maximum Gasteiger partial charge on any atom is 0.337 e. The molecule has 0 aliphatic heterocycles. The van der Waals surface area contributed by atoms with Crippen LogP contribution in [0.2, 0.25) is 5.02 Å². The quantitative estimate of drug-likeness (QED) is 0.521. The molecule has 33 heavy (non-hydrogen) atoms. The van der Waals surface area contributed by atoms with E-state index in [1.807, 2.05) is 18.2 Å². The molecule has 2 aromatic heterocycles. The normalized spacial score (nSPS) is 19.8. The third-order valence-corrected chi connectivity index (χ3v) is 6.43. The van der Waals surface area contributed by atoms with Gasteiger partial charge < -0.3 is 10.8 Å². The van der Waals surface area contributed by atoms with Gasteiger partial charge >= 0.3 is 5.97 Å². The van der Waals surface area contributed by atoms with Crippen LogP contribution < -0.4 is 11.3 Å². The lowest BCUT2D eigenvalue weighted by Crippen LogP contribution is -2.41. The first-order chi connectivity index (χ1) is 14.9. The first-order valence-corrected chi connectivity index (χ1v) is 10.5. The molecule has 1 fully saturated rings. The predicted molar refractivity (Wildman–Crippen MR) is 133 cm³/mol. The van der Waals surface area contributed by atoms with Crippen LogP contribution in [0, 0.1) is 0 Å². The van der Waals surface area contributed by atoms with Crippen molar-refractivity contribution in [3.63, 3.8) is 0 Å². The minimum absolute atomic E-state index is 0. The minimum Gasteiger partial charge on any atom is -0.478 e. The van der Waals surface area contributed by atoms with E-state index in [1.54, 1.807) is 12.3 Å². The molecule has 0 spiro atoms. The maximum absolute atomic E-state index is 12.6. The summed E-state index contributed by atoms with van der Waals surface area (Å²) in [5.74, 6) is -1.06. The molecule has 3 N–H and O–H groups in total. The topological polar surface area (TPSA) is 111 Å². The zero-order chi connectivity index (χ0) is 22.0. The van der Waals surface area contributed by atoms with Gasteiger partial charge in [-0.3, -0.25) is 9.78 Å². The van der Waals surface area contributed by atoms with E-state index in [0.29, 0.717) is 22.8 Å². The molecule has 176 valence electrons. The van der Waals surface area contributed by atoms with Crippen molar-refractivity contribution in [3.05, 3.63) is 81.4 Å². The van der Waals surface area contributed by atoms with Crippen LogP contribution in [0.4, 0.5) is 0 Å². The van der Waals surface area contributed by atoms with E-state index < -0.39 is 5.97 Å². The molecular formula is C23H25Cl3N4O3. The number of hydrogen-bond acceptors (Lipinski definition) is 5. The molecule has 4 rings (SSSR count). The molecule has 3 aromatic rings. The molecule has 0 bridgehead atoms. The first kappa shape index (κ1) is 26.8. The van der Waals surface area contributed by atoms with Crippen LogP contribution in [-0.4, -0.2) is 32.4 Å². The predicted octanol–water partition coefficient (Wildman–Crippen LogP) is 4.51. The Morgan fingerprint density at radius 3 is 2.52 bits per heavy atom. The van der Waals surface area contributed by atoms with Crippen LogP contribution in [0.1, 0.15) is 47.6 Å². The van der Waals surface area contributed by atoms with Gasteiger partial charge in [-0.1, -0.05) is 23.7 Å². The molecule has 0 amide bonds. The number of aromatic carboxylic acids is 1. The van der Waals surface area contributed by atoms with E-state index in [4.69, 9.17) is 17.3 Å². The second-order valence-corrected chi connectivity index (χ2v) is 8.43. The molecule has 2 heterocycles. The van der Waals surface area contributed by atoms with Crippen LogP contribution in [-0.2, 0) is 5.41 Å². The average molecular weight is 512 g/mol. The largest absolute Gasteiger partial charge is 0.478 e. The van der Waals surface area contributed by atoms with Crippen LogP contribution in [0.15, 0.2) is 59.7 Å². The first-order valence-electron chi connectivity index (χ1n) is 10.2. The molecule has 1 aromatic carbocycles. The number of carboxylic acids is 1. The van der Waals surface area contributed by atoms with Crippen LogP contribution in [0.25, 0.3) is 11.3 Å². The van der Waals surface area contributed by atoms with E-state index in [2.05, 4.69) is 16.1 Å². The number of pyridine rings is 1. The average Bonchev–Trinajstić information content (AvgIpc) is 2.79. The van der Waals surface area contributed by atoms with Crippen molar-refractivity contribution in [1.82, 2.24) is 14.8 Å². The summed E-state index contributed by atoms with van der Waals surface area (Å²) in [6.45, 7) is 0.510. The van der Waals surface area contributed by atoms with E-state index in [1.165, 1.54) is 23.0 Å². The SMILES string of the molecule is Cl.Cl.NC[C@]1(c2cccc(Cl)c2)CC[C@@H](n2nc(-c3cncc(C(=O)O)c3)ccc2=O)CC1. The number of benzene rings is 1. The molecule has 7 nitrogen and oxygen atoms in total. The Balaban J connectivity index is 0.00000193. The molecule has 10 heteroatoms. The Labute approximate surface area is 208 Å². The highest BCUT2D eigenvalue weighted by Crippen LogP contribution is 2.42. The van der Waals surface area contributed by atoms with Crippen molar-refractivity contribution < 1.29 is 9.90 Å². The summed E-state index contributed by atoms with van der Waals surface area (Å²) in [6, 6.07) is 12.3. The van der Waals surface area contributed by atoms with Gasteiger partial charge in [0.05, 0.1) is 17.3 Å². The minimum atomic E-state index is -1.06. The molecule has 1 aliphatic carbocycles. The summed E-state index contributed by atoms with van der Waals surface area (Å²) in [4.78, 5) is 27.8. The number of rotatable bonds is 5. The Kier molecular flexibility index (Phi) is 9.03. The number of carbonyl (C=O) groups is 1. The van der Waals surface area contributed by atoms with Crippen molar-refractivity contribution in [2.75, 3.05) is 6.54 Å². The van der Waals surface area contributed by atoms with E-state index >= 15 is 0 Å². The van der Waals surface area contributed by atoms with Crippen LogP contribution in [0.3, 0.4) is 0 Å². The van der Waals surface area contributed by atoms with Gasteiger partial charge in [0.2, 0.25) is 0 Å².